The average molecular weight is 221 g/mol. The Labute approximate surface area is 96.2 Å². The molecular weight excluding hydrogens is 202 g/mol. The lowest BCUT2D eigenvalue weighted by Gasteiger charge is -2.42. The van der Waals surface area contributed by atoms with Gasteiger partial charge >= 0.3 is 0 Å². The minimum absolute atomic E-state index is 0.202. The summed E-state index contributed by atoms with van der Waals surface area (Å²) in [7, 11) is 1.58. The number of benzene rings is 1. The third-order valence-electron chi connectivity index (χ3n) is 3.73. The van der Waals surface area contributed by atoms with E-state index < -0.39 is 0 Å². The Hall–Kier alpha value is -1.22. The fourth-order valence-corrected chi connectivity index (χ4v) is 2.57. The van der Waals surface area contributed by atoms with E-state index in [1.54, 1.807) is 13.2 Å². The average Bonchev–Trinajstić information content (AvgIpc) is 2.24. The van der Waals surface area contributed by atoms with Crippen molar-refractivity contribution in [3.8, 4) is 11.5 Å². The zero-order valence-electron chi connectivity index (χ0n) is 9.70. The van der Waals surface area contributed by atoms with Crippen LogP contribution in [-0.2, 0) is 5.41 Å². The Morgan fingerprint density at radius 2 is 2.19 bits per heavy atom. The highest BCUT2D eigenvalue weighted by Crippen LogP contribution is 2.47. The molecule has 1 saturated carbocycles. The lowest BCUT2D eigenvalue weighted by Crippen LogP contribution is -2.36. The maximum atomic E-state index is 9.57. The van der Waals surface area contributed by atoms with Crippen molar-refractivity contribution in [3.63, 3.8) is 0 Å². The van der Waals surface area contributed by atoms with Crippen LogP contribution in [0.1, 0.15) is 31.2 Å². The van der Waals surface area contributed by atoms with E-state index in [0.717, 1.165) is 6.42 Å². The minimum Gasteiger partial charge on any atom is -0.504 e. The van der Waals surface area contributed by atoms with Gasteiger partial charge in [0.25, 0.3) is 0 Å². The maximum absolute atomic E-state index is 9.57. The molecule has 0 aromatic heterocycles. The van der Waals surface area contributed by atoms with E-state index in [2.05, 4.69) is 0 Å². The van der Waals surface area contributed by atoms with Gasteiger partial charge in [0.2, 0.25) is 0 Å². The summed E-state index contributed by atoms with van der Waals surface area (Å²) in [5, 5.41) is 9.57. The molecule has 3 nitrogen and oxygen atoms in total. The molecule has 2 rings (SSSR count). The quantitative estimate of drug-likeness (QED) is 0.819. The van der Waals surface area contributed by atoms with Crippen molar-refractivity contribution in [1.82, 2.24) is 0 Å². The van der Waals surface area contributed by atoms with Crippen LogP contribution in [0, 0.1) is 0 Å². The van der Waals surface area contributed by atoms with E-state index >= 15 is 0 Å². The van der Waals surface area contributed by atoms with E-state index in [0.29, 0.717) is 12.3 Å². The Morgan fingerprint density at radius 3 is 2.69 bits per heavy atom. The summed E-state index contributed by atoms with van der Waals surface area (Å²) in [6.07, 6.45) is 4.67. The molecule has 1 aliphatic carbocycles. The Kier molecular flexibility index (Phi) is 3.06. The maximum Gasteiger partial charge on any atom is 0.160 e. The van der Waals surface area contributed by atoms with Crippen molar-refractivity contribution in [3.05, 3.63) is 23.8 Å². The monoisotopic (exact) mass is 221 g/mol. The van der Waals surface area contributed by atoms with E-state index in [4.69, 9.17) is 10.5 Å². The lowest BCUT2D eigenvalue weighted by molar-refractivity contribution is 0.228. The molecule has 0 bridgehead atoms. The zero-order chi connectivity index (χ0) is 11.6. The van der Waals surface area contributed by atoms with Crippen LogP contribution in [0.15, 0.2) is 18.2 Å². The van der Waals surface area contributed by atoms with Gasteiger partial charge in [-0.05, 0) is 48.9 Å². The highest BCUT2D eigenvalue weighted by molar-refractivity contribution is 5.45. The normalized spacial score (nSPS) is 17.9. The molecule has 1 fully saturated rings. The smallest absolute Gasteiger partial charge is 0.160 e. The van der Waals surface area contributed by atoms with Crippen LogP contribution in [0.5, 0.6) is 11.5 Å². The van der Waals surface area contributed by atoms with Gasteiger partial charge in [-0.3, -0.25) is 0 Å². The minimum atomic E-state index is 0.202. The van der Waals surface area contributed by atoms with Crippen LogP contribution in [0.25, 0.3) is 0 Å². The van der Waals surface area contributed by atoms with Crippen molar-refractivity contribution >= 4 is 0 Å². The largest absolute Gasteiger partial charge is 0.504 e. The number of phenolic OH excluding ortho intramolecular Hbond substituents is 1. The predicted molar refractivity (Wildman–Crippen MR) is 63.9 cm³/mol. The molecule has 0 unspecified atom stereocenters. The van der Waals surface area contributed by atoms with Gasteiger partial charge in [0.15, 0.2) is 11.5 Å². The van der Waals surface area contributed by atoms with Gasteiger partial charge in [-0.1, -0.05) is 12.5 Å². The highest BCUT2D eigenvalue weighted by Gasteiger charge is 2.38. The summed E-state index contributed by atoms with van der Waals surface area (Å²) in [6.45, 7) is 0.711. The molecule has 1 aromatic rings. The number of hydrogen-bond donors (Lipinski definition) is 2. The number of methoxy groups -OCH3 is 1. The van der Waals surface area contributed by atoms with Crippen LogP contribution < -0.4 is 10.5 Å². The molecule has 0 radical (unpaired) electrons. The first-order chi connectivity index (χ1) is 7.72. The third kappa shape index (κ3) is 1.76. The number of hydrogen-bond acceptors (Lipinski definition) is 3. The van der Waals surface area contributed by atoms with Gasteiger partial charge in [-0.25, -0.2) is 0 Å². The number of rotatable bonds is 4. The highest BCUT2D eigenvalue weighted by atomic mass is 16.5. The third-order valence-corrected chi connectivity index (χ3v) is 3.73. The van der Waals surface area contributed by atoms with Crippen molar-refractivity contribution in [1.29, 1.82) is 0 Å². The first kappa shape index (κ1) is 11.3. The van der Waals surface area contributed by atoms with Gasteiger partial charge in [0.05, 0.1) is 7.11 Å². The molecule has 0 saturated heterocycles. The molecule has 0 heterocycles. The number of phenols is 1. The topological polar surface area (TPSA) is 55.5 Å². The first-order valence-corrected chi connectivity index (χ1v) is 5.79. The molecule has 0 spiro atoms. The fourth-order valence-electron chi connectivity index (χ4n) is 2.57. The summed E-state index contributed by atoms with van der Waals surface area (Å²) in [5.74, 6) is 0.759. The SMILES string of the molecule is COc1cc(C2(CCN)CCC2)ccc1O. The number of nitrogens with two attached hydrogens (primary N) is 1. The van der Waals surface area contributed by atoms with Crippen LogP contribution in [0.3, 0.4) is 0 Å². The van der Waals surface area contributed by atoms with E-state index in [1.807, 2.05) is 12.1 Å². The molecule has 0 amide bonds. The molecule has 88 valence electrons. The van der Waals surface area contributed by atoms with Crippen LogP contribution >= 0.6 is 0 Å². The second-order valence-electron chi connectivity index (χ2n) is 4.56. The van der Waals surface area contributed by atoms with E-state index in [9.17, 15) is 5.11 Å². The number of aromatic hydroxyl groups is 1. The summed E-state index contributed by atoms with van der Waals surface area (Å²) in [6, 6.07) is 5.65. The van der Waals surface area contributed by atoms with E-state index in [-0.39, 0.29) is 11.2 Å². The van der Waals surface area contributed by atoms with Gasteiger partial charge in [0, 0.05) is 0 Å². The second kappa shape index (κ2) is 4.34. The van der Waals surface area contributed by atoms with Crippen LogP contribution in [0.4, 0.5) is 0 Å². The molecule has 3 N–H and O–H groups in total. The van der Waals surface area contributed by atoms with Crippen molar-refractivity contribution in [2.24, 2.45) is 5.73 Å². The van der Waals surface area contributed by atoms with Crippen LogP contribution in [0.2, 0.25) is 0 Å². The van der Waals surface area contributed by atoms with Gasteiger partial charge in [-0.2, -0.15) is 0 Å². The molecule has 3 heteroatoms. The number of ether oxygens (including phenoxy) is 1. The van der Waals surface area contributed by atoms with Gasteiger partial charge < -0.3 is 15.6 Å². The van der Waals surface area contributed by atoms with Crippen molar-refractivity contribution in [2.45, 2.75) is 31.1 Å². The van der Waals surface area contributed by atoms with Crippen molar-refractivity contribution < 1.29 is 9.84 Å². The molecule has 0 aliphatic heterocycles. The van der Waals surface area contributed by atoms with Gasteiger partial charge in [-0.15, -0.1) is 0 Å². The molecular formula is C13H19NO2. The Morgan fingerprint density at radius 1 is 1.44 bits per heavy atom. The summed E-state index contributed by atoms with van der Waals surface area (Å²) >= 11 is 0. The standard InChI is InChI=1S/C13H19NO2/c1-16-12-9-10(3-4-11(12)15)13(7-8-14)5-2-6-13/h3-4,9,15H,2,5-8,14H2,1H3. The molecule has 1 aliphatic rings. The first-order valence-electron chi connectivity index (χ1n) is 5.79. The molecule has 0 atom stereocenters. The molecule has 16 heavy (non-hydrogen) atoms. The van der Waals surface area contributed by atoms with E-state index in [1.165, 1.54) is 24.8 Å². The summed E-state index contributed by atoms with van der Waals surface area (Å²) in [4.78, 5) is 0. The summed E-state index contributed by atoms with van der Waals surface area (Å²) in [5.41, 5.74) is 7.16. The molecule has 1 aromatic carbocycles. The van der Waals surface area contributed by atoms with Crippen molar-refractivity contribution in [2.75, 3.05) is 13.7 Å². The Bertz CT molecular complexity index is 372. The predicted octanol–water partition coefficient (Wildman–Crippen LogP) is 2.17. The lowest BCUT2D eigenvalue weighted by atomic mass is 9.62. The Balaban J connectivity index is 2.31. The summed E-state index contributed by atoms with van der Waals surface area (Å²) < 4.78 is 5.15. The zero-order valence-corrected chi connectivity index (χ0v) is 9.70. The van der Waals surface area contributed by atoms with Crippen LogP contribution in [-0.4, -0.2) is 18.8 Å². The fraction of sp³-hybridized carbons (Fsp3) is 0.538. The second-order valence-corrected chi connectivity index (χ2v) is 4.56. The van der Waals surface area contributed by atoms with Gasteiger partial charge in [0.1, 0.15) is 0 Å².